The van der Waals surface area contributed by atoms with Crippen molar-refractivity contribution in [1.82, 2.24) is 5.32 Å². The van der Waals surface area contributed by atoms with Gasteiger partial charge in [0.25, 0.3) is 0 Å². The van der Waals surface area contributed by atoms with E-state index >= 15 is 0 Å². The average molecular weight is 295 g/mol. The molecule has 0 bridgehead atoms. The number of carbonyl (C=O) groups is 1. The molecule has 0 saturated carbocycles. The molecule has 3 nitrogen and oxygen atoms in total. The first-order valence-corrected chi connectivity index (χ1v) is 7.62. The van der Waals surface area contributed by atoms with E-state index in [1.165, 1.54) is 0 Å². The largest absolute Gasteiger partial charge is 0.462 e. The number of carbonyl (C=O) groups excluding carboxylic acids is 1. The Morgan fingerprint density at radius 2 is 1.59 bits per heavy atom. The second-order valence-corrected chi connectivity index (χ2v) is 6.28. The van der Waals surface area contributed by atoms with Crippen LogP contribution in [0.3, 0.4) is 0 Å². The van der Waals surface area contributed by atoms with Crippen molar-refractivity contribution >= 4 is 5.97 Å². The van der Waals surface area contributed by atoms with Crippen molar-refractivity contribution in [3.05, 3.63) is 71.8 Å². The van der Waals surface area contributed by atoms with Gasteiger partial charge in [-0.15, -0.1) is 0 Å². The van der Waals surface area contributed by atoms with Gasteiger partial charge in [0.2, 0.25) is 0 Å². The molecule has 0 aromatic heterocycles. The quantitative estimate of drug-likeness (QED) is 0.884. The van der Waals surface area contributed by atoms with E-state index in [9.17, 15) is 4.79 Å². The number of hydrogen-bond acceptors (Lipinski definition) is 3. The van der Waals surface area contributed by atoms with Crippen LogP contribution in [0.4, 0.5) is 0 Å². The molecule has 1 aliphatic rings. The average Bonchev–Trinajstić information content (AvgIpc) is 2.57. The highest BCUT2D eigenvalue weighted by Crippen LogP contribution is 2.31. The second kappa shape index (κ2) is 5.93. The van der Waals surface area contributed by atoms with E-state index < -0.39 is 0 Å². The number of hydrogen-bond donors (Lipinski definition) is 1. The van der Waals surface area contributed by atoms with E-state index in [0.717, 1.165) is 11.1 Å². The lowest BCUT2D eigenvalue weighted by atomic mass is 9.76. The van der Waals surface area contributed by atoms with Crippen LogP contribution in [-0.2, 0) is 14.9 Å². The molecule has 0 radical (unpaired) electrons. The Kier molecular flexibility index (Phi) is 3.99. The summed E-state index contributed by atoms with van der Waals surface area (Å²) in [6, 6.07) is 19.9. The molecule has 3 rings (SSSR count). The van der Waals surface area contributed by atoms with Crippen LogP contribution in [0.25, 0.3) is 0 Å². The Morgan fingerprint density at radius 1 is 1.00 bits per heavy atom. The number of nitrogens with one attached hydrogen (secondary N) is 1. The summed E-state index contributed by atoms with van der Waals surface area (Å²) in [7, 11) is 0. The molecular formula is C19H21NO2. The third-order valence-electron chi connectivity index (χ3n) is 4.44. The van der Waals surface area contributed by atoms with E-state index in [-0.39, 0.29) is 23.5 Å². The van der Waals surface area contributed by atoms with Gasteiger partial charge in [-0.1, -0.05) is 74.5 Å². The van der Waals surface area contributed by atoms with Crippen LogP contribution in [-0.4, -0.2) is 18.6 Å². The van der Waals surface area contributed by atoms with E-state index in [1.54, 1.807) is 0 Å². The number of esters is 1. The van der Waals surface area contributed by atoms with E-state index in [0.29, 0.717) is 6.61 Å². The van der Waals surface area contributed by atoms with Crippen molar-refractivity contribution in [3.8, 4) is 0 Å². The number of ether oxygens (including phenoxy) is 1. The molecular weight excluding hydrogens is 274 g/mol. The summed E-state index contributed by atoms with van der Waals surface area (Å²) in [5.74, 6) is -0.180. The molecule has 1 N–H and O–H groups in total. The zero-order valence-corrected chi connectivity index (χ0v) is 13.0. The van der Waals surface area contributed by atoms with Gasteiger partial charge >= 0.3 is 5.97 Å². The molecule has 1 fully saturated rings. The first-order valence-electron chi connectivity index (χ1n) is 7.62. The lowest BCUT2D eigenvalue weighted by Crippen LogP contribution is -2.56. The molecule has 0 amide bonds. The molecule has 3 heteroatoms. The fourth-order valence-electron chi connectivity index (χ4n) is 2.98. The van der Waals surface area contributed by atoms with Gasteiger partial charge < -0.3 is 4.74 Å². The van der Waals surface area contributed by atoms with Crippen LogP contribution >= 0.6 is 0 Å². The molecule has 0 aliphatic carbocycles. The van der Waals surface area contributed by atoms with Crippen molar-refractivity contribution in [1.29, 1.82) is 0 Å². The van der Waals surface area contributed by atoms with Crippen LogP contribution in [0.1, 0.15) is 31.0 Å². The molecule has 2 atom stereocenters. The minimum Gasteiger partial charge on any atom is -0.462 e. The topological polar surface area (TPSA) is 38.3 Å². The van der Waals surface area contributed by atoms with Gasteiger partial charge in [0.15, 0.2) is 0 Å². The van der Waals surface area contributed by atoms with E-state index in [4.69, 9.17) is 4.74 Å². The molecule has 0 spiro atoms. The fraction of sp³-hybridized carbons (Fsp3) is 0.316. The molecule has 1 heterocycles. The standard InChI is InChI=1S/C19H21NO2/c1-19(2,15-11-7-4-8-12-15)17-18(21)22-13-16(20-17)14-9-5-3-6-10-14/h3-12,16-17,20H,13H2,1-2H3/t16-,17+/m0/s1. The first-order chi connectivity index (χ1) is 10.6. The third-order valence-corrected chi connectivity index (χ3v) is 4.44. The van der Waals surface area contributed by atoms with Crippen molar-refractivity contribution in [3.63, 3.8) is 0 Å². The monoisotopic (exact) mass is 295 g/mol. The van der Waals surface area contributed by atoms with Crippen LogP contribution in [0.5, 0.6) is 0 Å². The molecule has 2 aromatic carbocycles. The van der Waals surface area contributed by atoms with E-state index in [1.807, 2.05) is 36.4 Å². The lowest BCUT2D eigenvalue weighted by Gasteiger charge is -2.39. The molecule has 0 unspecified atom stereocenters. The molecule has 2 aromatic rings. The maximum Gasteiger partial charge on any atom is 0.324 e. The summed E-state index contributed by atoms with van der Waals surface area (Å²) >= 11 is 0. The Morgan fingerprint density at radius 3 is 2.23 bits per heavy atom. The minimum absolute atomic E-state index is 0.0342. The molecule has 1 saturated heterocycles. The van der Waals surface area contributed by atoms with Crippen molar-refractivity contribution in [2.24, 2.45) is 0 Å². The Hall–Kier alpha value is -2.13. The van der Waals surface area contributed by atoms with E-state index in [2.05, 4.69) is 43.4 Å². The Bertz CT molecular complexity index is 637. The number of benzene rings is 2. The summed E-state index contributed by atoms with van der Waals surface area (Å²) in [4.78, 5) is 12.3. The predicted octanol–water partition coefficient (Wildman–Crippen LogP) is 3.22. The van der Waals surface area contributed by atoms with Crippen molar-refractivity contribution < 1.29 is 9.53 Å². The highest BCUT2D eigenvalue weighted by atomic mass is 16.5. The zero-order chi connectivity index (χ0) is 15.6. The molecule has 1 aliphatic heterocycles. The summed E-state index contributed by atoms with van der Waals surface area (Å²) in [5, 5.41) is 3.48. The molecule has 22 heavy (non-hydrogen) atoms. The first kappa shape index (κ1) is 14.8. The van der Waals surface area contributed by atoms with Crippen LogP contribution in [0.2, 0.25) is 0 Å². The fourth-order valence-corrected chi connectivity index (χ4v) is 2.98. The predicted molar refractivity (Wildman–Crippen MR) is 86.5 cm³/mol. The molecule has 114 valence electrons. The zero-order valence-electron chi connectivity index (χ0n) is 13.0. The van der Waals surface area contributed by atoms with Crippen molar-refractivity contribution in [2.45, 2.75) is 31.3 Å². The minimum atomic E-state index is -0.367. The van der Waals surface area contributed by atoms with Crippen LogP contribution in [0.15, 0.2) is 60.7 Å². The van der Waals surface area contributed by atoms with Crippen LogP contribution < -0.4 is 5.32 Å². The summed E-state index contributed by atoms with van der Waals surface area (Å²) < 4.78 is 5.46. The lowest BCUT2D eigenvalue weighted by molar-refractivity contribution is -0.154. The number of rotatable bonds is 3. The summed E-state index contributed by atoms with van der Waals surface area (Å²) in [6.07, 6.45) is 0. The van der Waals surface area contributed by atoms with Gasteiger partial charge in [0.05, 0.1) is 6.04 Å². The number of cyclic esters (lactones) is 1. The Balaban J connectivity index is 1.87. The van der Waals surface area contributed by atoms with Gasteiger partial charge in [-0.3, -0.25) is 10.1 Å². The van der Waals surface area contributed by atoms with Crippen LogP contribution in [0, 0.1) is 0 Å². The SMILES string of the molecule is CC(C)(c1ccccc1)[C@@H]1N[C@H](c2ccccc2)COC1=O. The summed E-state index contributed by atoms with van der Waals surface area (Å²) in [5.41, 5.74) is 1.92. The van der Waals surface area contributed by atoms with Gasteiger partial charge in [0, 0.05) is 5.41 Å². The maximum absolute atomic E-state index is 12.3. The summed E-state index contributed by atoms with van der Waals surface area (Å²) in [6.45, 7) is 4.54. The Labute approximate surface area is 131 Å². The third kappa shape index (κ3) is 2.77. The van der Waals surface area contributed by atoms with Crippen molar-refractivity contribution in [2.75, 3.05) is 6.61 Å². The smallest absolute Gasteiger partial charge is 0.324 e. The number of morpholine rings is 1. The van der Waals surface area contributed by atoms with Gasteiger partial charge in [-0.25, -0.2) is 0 Å². The van der Waals surface area contributed by atoms with Gasteiger partial charge in [0.1, 0.15) is 12.6 Å². The maximum atomic E-state index is 12.3. The van der Waals surface area contributed by atoms with Gasteiger partial charge in [-0.05, 0) is 11.1 Å². The second-order valence-electron chi connectivity index (χ2n) is 6.28. The highest BCUT2D eigenvalue weighted by molar-refractivity contribution is 5.79. The van der Waals surface area contributed by atoms with Gasteiger partial charge in [-0.2, -0.15) is 0 Å². The normalized spacial score (nSPS) is 22.2. The highest BCUT2D eigenvalue weighted by Gasteiger charge is 2.42.